The third kappa shape index (κ3) is 10.5. The molecule has 81 heavy (non-hydrogen) atoms. The minimum absolute atomic E-state index is 0. The topological polar surface area (TPSA) is 33.5 Å². The van der Waals surface area contributed by atoms with Crippen LogP contribution in [0, 0.1) is 31.6 Å². The van der Waals surface area contributed by atoms with Gasteiger partial charge in [0.1, 0.15) is 5.82 Å². The molecule has 414 valence electrons. The van der Waals surface area contributed by atoms with E-state index in [1.807, 2.05) is 60.9 Å². The molecular weight excluding hydrogens is 1170 g/mol. The van der Waals surface area contributed by atoms with Gasteiger partial charge in [-0.1, -0.05) is 198 Å². The van der Waals surface area contributed by atoms with Crippen LogP contribution in [-0.4, -0.2) is 9.55 Å². The zero-order chi connectivity index (χ0) is 60.3. The molecule has 2 aromatic heterocycles. The van der Waals surface area contributed by atoms with Crippen LogP contribution in [0.15, 0.2) is 170 Å². The van der Waals surface area contributed by atoms with Crippen molar-refractivity contribution >= 4 is 44.6 Å². The standard InChI is InChI=1S/C75H75N4O.Pt/c1-48(2)37-52-42-70(76-46-63(52)51-30-34-64-65(41-51)75(12,13)36-35-74(64,10)11)79-68-38-49(3)29-32-61(68)62-33-31-58(45-69(62)79)80-57-24-19-23-56(44-57)77-47-78(67-28-18-17-27-66(67)77)71-59(50-21-15-14-16-22-50)25-20-26-60(71)53-39-54(72(4,5)6)43-55(40-53)73(7,8)9;/h14-34,38-43,46-48H,35-37H2,1-13H3;/q-3;/i3D3,37D2;. The second-order valence-electron chi connectivity index (χ2n) is 25.8. The number of nitrogens with zero attached hydrogens (tertiary/aromatic N) is 4. The van der Waals surface area contributed by atoms with Gasteiger partial charge in [-0.3, -0.25) is 0 Å². The molecule has 1 aliphatic carbocycles. The zero-order valence-electron chi connectivity index (χ0n) is 53.7. The van der Waals surface area contributed by atoms with Gasteiger partial charge in [-0.2, -0.15) is 12.1 Å². The average molecular weight is 1250 g/mol. The van der Waals surface area contributed by atoms with E-state index in [-0.39, 0.29) is 54.2 Å². The molecule has 12 rings (SSSR count). The van der Waals surface area contributed by atoms with Crippen LogP contribution in [0.2, 0.25) is 0 Å². The molecule has 0 amide bonds. The van der Waals surface area contributed by atoms with E-state index >= 15 is 0 Å². The van der Waals surface area contributed by atoms with Crippen molar-refractivity contribution in [3.63, 3.8) is 0 Å². The molecule has 0 atom stereocenters. The SMILES string of the molecule is [2H]C([2H])([2H])c1ccc2c3ccc(Oc4[c-]c(N5[CH-]N(c6c(-c7ccccc7)cccc6-c6cc(C(C)(C)C)cc(C(C)(C)C)c6)c6ccccc65)ccc4)[c-]c3n(-c3cc(C([2H])([2H])C(C)C)c(-c4ccc5c(c4)C(C)(C)CCC5(C)C)cn3)c2c1.[Pt]. The summed E-state index contributed by atoms with van der Waals surface area (Å²) < 4.78 is 53.5. The predicted octanol–water partition coefficient (Wildman–Crippen LogP) is 20.4. The van der Waals surface area contributed by atoms with Gasteiger partial charge in [0.25, 0.3) is 0 Å². The summed E-state index contributed by atoms with van der Waals surface area (Å²) in [5.74, 6) is 0.934. The van der Waals surface area contributed by atoms with Gasteiger partial charge in [0, 0.05) is 84.9 Å². The summed E-state index contributed by atoms with van der Waals surface area (Å²) in [4.78, 5) is 9.65. The molecule has 0 fully saturated rings. The van der Waals surface area contributed by atoms with Crippen molar-refractivity contribution in [3.8, 4) is 50.7 Å². The Bertz CT molecular complexity index is 4210. The van der Waals surface area contributed by atoms with E-state index in [1.54, 1.807) is 18.3 Å². The van der Waals surface area contributed by atoms with E-state index in [0.29, 0.717) is 33.9 Å². The van der Waals surface area contributed by atoms with Crippen molar-refractivity contribution < 1.29 is 32.7 Å². The molecule has 0 saturated carbocycles. The van der Waals surface area contributed by atoms with Gasteiger partial charge in [0.05, 0.1) is 0 Å². The molecule has 0 N–H and O–H groups in total. The van der Waals surface area contributed by atoms with Gasteiger partial charge in [-0.05, 0) is 133 Å². The number of anilines is 4. The Morgan fingerprint density at radius 1 is 0.617 bits per heavy atom. The van der Waals surface area contributed by atoms with E-state index < -0.39 is 13.2 Å². The Balaban J connectivity index is 0.00000768. The molecule has 10 aromatic rings. The number of hydrogen-bond acceptors (Lipinski definition) is 4. The first-order chi connectivity index (χ1) is 40.1. The molecule has 0 bridgehead atoms. The average Bonchev–Trinajstić information content (AvgIpc) is 1.47. The molecule has 2 aliphatic rings. The number of pyridine rings is 1. The number of ether oxygens (including phenoxy) is 1. The summed E-state index contributed by atoms with van der Waals surface area (Å²) in [6, 6.07) is 63.5. The summed E-state index contributed by atoms with van der Waals surface area (Å²) in [6.07, 6.45) is 2.16. The van der Waals surface area contributed by atoms with Gasteiger partial charge >= 0.3 is 0 Å². The third-order valence-corrected chi connectivity index (χ3v) is 16.6. The summed E-state index contributed by atoms with van der Waals surface area (Å²) in [7, 11) is 0. The van der Waals surface area contributed by atoms with Crippen LogP contribution in [0.4, 0.5) is 22.7 Å². The molecule has 3 heterocycles. The molecular formula is C75H75N4OPt-3. The van der Waals surface area contributed by atoms with E-state index in [9.17, 15) is 2.74 Å². The van der Waals surface area contributed by atoms with Gasteiger partial charge in [-0.25, -0.2) is 4.98 Å². The van der Waals surface area contributed by atoms with Crippen molar-refractivity contribution in [2.24, 2.45) is 5.92 Å². The molecule has 0 radical (unpaired) electrons. The molecule has 0 spiro atoms. The number of para-hydroxylation sites is 3. The molecule has 1 aliphatic heterocycles. The summed E-state index contributed by atoms with van der Waals surface area (Å²) >= 11 is 0. The fourth-order valence-corrected chi connectivity index (χ4v) is 12.0. The molecule has 0 saturated heterocycles. The molecule has 5 nitrogen and oxygen atoms in total. The van der Waals surface area contributed by atoms with Crippen LogP contribution in [0.25, 0.3) is 61.0 Å². The van der Waals surface area contributed by atoms with Gasteiger partial charge in [-0.15, -0.1) is 48.1 Å². The first-order valence-corrected chi connectivity index (χ1v) is 28.3. The molecule has 0 unspecified atom stereocenters. The monoisotopic (exact) mass is 1250 g/mol. The minimum atomic E-state index is -2.38. The number of hydrogen-bond donors (Lipinski definition) is 0. The smallest absolute Gasteiger partial charge is 0.135 e. The second kappa shape index (κ2) is 21.0. The number of rotatable bonds is 10. The zero-order valence-corrected chi connectivity index (χ0v) is 51.0. The first-order valence-electron chi connectivity index (χ1n) is 30.8. The minimum Gasteiger partial charge on any atom is -0.509 e. The Morgan fingerprint density at radius 2 is 1.26 bits per heavy atom. The number of aromatic nitrogens is 2. The van der Waals surface area contributed by atoms with Crippen molar-refractivity contribution in [2.45, 2.75) is 131 Å². The second-order valence-corrected chi connectivity index (χ2v) is 25.8. The quantitative estimate of drug-likeness (QED) is 0.128. The fraction of sp³-hybridized carbons (Fsp3) is 0.280. The predicted molar refractivity (Wildman–Crippen MR) is 336 cm³/mol. The first kappa shape index (κ1) is 49.6. The maximum atomic E-state index is 9.70. The summed E-state index contributed by atoms with van der Waals surface area (Å²) in [5.41, 5.74) is 16.8. The van der Waals surface area contributed by atoms with Crippen LogP contribution in [-0.2, 0) is 49.1 Å². The van der Waals surface area contributed by atoms with Crippen LogP contribution < -0.4 is 14.5 Å². The Kier molecular flexibility index (Phi) is 12.8. The third-order valence-electron chi connectivity index (χ3n) is 16.6. The maximum Gasteiger partial charge on any atom is 0.135 e. The van der Waals surface area contributed by atoms with E-state index in [4.69, 9.17) is 13.8 Å². The van der Waals surface area contributed by atoms with Gasteiger partial charge in [0.2, 0.25) is 0 Å². The summed E-state index contributed by atoms with van der Waals surface area (Å²) in [5, 5.41) is 1.62. The van der Waals surface area contributed by atoms with Crippen LogP contribution in [0.3, 0.4) is 0 Å². The van der Waals surface area contributed by atoms with Gasteiger partial charge < -0.3 is 19.1 Å². The Labute approximate surface area is 503 Å². The van der Waals surface area contributed by atoms with Crippen molar-refractivity contribution in [1.82, 2.24) is 9.55 Å². The number of benzene rings is 8. The van der Waals surface area contributed by atoms with Crippen molar-refractivity contribution in [1.29, 1.82) is 0 Å². The van der Waals surface area contributed by atoms with Crippen molar-refractivity contribution in [3.05, 3.63) is 222 Å². The normalized spacial score (nSPS) is 16.0. The van der Waals surface area contributed by atoms with E-state index in [1.165, 1.54) is 22.3 Å². The molecule has 6 heteroatoms. The van der Waals surface area contributed by atoms with Crippen LogP contribution >= 0.6 is 0 Å². The largest absolute Gasteiger partial charge is 0.509 e. The van der Waals surface area contributed by atoms with Gasteiger partial charge in [0.15, 0.2) is 0 Å². The van der Waals surface area contributed by atoms with E-state index in [0.717, 1.165) is 79.7 Å². The van der Waals surface area contributed by atoms with Crippen LogP contribution in [0.1, 0.15) is 136 Å². The molecule has 8 aromatic carbocycles. The number of aryl methyl sites for hydroxylation is 1. The fourth-order valence-electron chi connectivity index (χ4n) is 12.0. The van der Waals surface area contributed by atoms with Crippen LogP contribution in [0.5, 0.6) is 11.5 Å². The number of fused-ring (bicyclic) bond motifs is 5. The summed E-state index contributed by atoms with van der Waals surface area (Å²) in [6.45, 7) is 26.5. The Hall–Kier alpha value is -7.20. The van der Waals surface area contributed by atoms with E-state index in [2.05, 4.69) is 207 Å². The Morgan fingerprint density at radius 3 is 1.95 bits per heavy atom. The van der Waals surface area contributed by atoms with Crippen molar-refractivity contribution in [2.75, 3.05) is 9.80 Å². The maximum absolute atomic E-state index is 9.70.